The van der Waals surface area contributed by atoms with Gasteiger partial charge in [0, 0.05) is 11.9 Å². The second kappa shape index (κ2) is 5.82. The molecule has 0 bridgehead atoms. The van der Waals surface area contributed by atoms with Crippen LogP contribution in [0.1, 0.15) is 39.0 Å². The monoisotopic (exact) mass is 189 g/mol. The van der Waals surface area contributed by atoms with E-state index in [0.717, 1.165) is 19.0 Å². The van der Waals surface area contributed by atoms with Crippen LogP contribution >= 0.6 is 11.6 Å². The van der Waals surface area contributed by atoms with Crippen LogP contribution in [0.4, 0.5) is 0 Å². The topological polar surface area (TPSA) is 12.0 Å². The van der Waals surface area contributed by atoms with Gasteiger partial charge in [-0.15, -0.1) is 11.6 Å². The van der Waals surface area contributed by atoms with Crippen LogP contribution in [0.25, 0.3) is 0 Å². The van der Waals surface area contributed by atoms with E-state index >= 15 is 0 Å². The van der Waals surface area contributed by atoms with Gasteiger partial charge in [-0.2, -0.15) is 0 Å². The van der Waals surface area contributed by atoms with E-state index < -0.39 is 0 Å². The Morgan fingerprint density at radius 3 is 2.75 bits per heavy atom. The molecular formula is C10H20ClN. The summed E-state index contributed by atoms with van der Waals surface area (Å²) >= 11 is 6.13. The highest BCUT2D eigenvalue weighted by atomic mass is 35.5. The zero-order chi connectivity index (χ0) is 8.81. The molecule has 1 aliphatic carbocycles. The van der Waals surface area contributed by atoms with Gasteiger partial charge in [0.1, 0.15) is 0 Å². The summed E-state index contributed by atoms with van der Waals surface area (Å²) in [5.74, 6) is 0.824. The number of nitrogens with one attached hydrogen (secondary N) is 1. The summed E-state index contributed by atoms with van der Waals surface area (Å²) in [6.07, 6.45) is 6.64. The number of hydrogen-bond donors (Lipinski definition) is 1. The molecule has 0 radical (unpaired) electrons. The van der Waals surface area contributed by atoms with Gasteiger partial charge < -0.3 is 5.32 Å². The Morgan fingerprint density at radius 2 is 2.17 bits per heavy atom. The van der Waals surface area contributed by atoms with E-state index in [1.165, 1.54) is 32.1 Å². The van der Waals surface area contributed by atoms with Crippen LogP contribution in [0.2, 0.25) is 0 Å². The third kappa shape index (κ3) is 4.32. The summed E-state index contributed by atoms with van der Waals surface area (Å²) in [4.78, 5) is 0. The van der Waals surface area contributed by atoms with Crippen LogP contribution in [0.15, 0.2) is 0 Å². The third-order valence-corrected chi connectivity index (χ3v) is 2.94. The quantitative estimate of drug-likeness (QED) is 0.480. The Labute approximate surface area is 80.9 Å². The molecular weight excluding hydrogens is 170 g/mol. The lowest BCUT2D eigenvalue weighted by Gasteiger charge is -2.08. The molecule has 0 spiro atoms. The largest absolute Gasteiger partial charge is 0.315 e. The zero-order valence-electron chi connectivity index (χ0n) is 7.98. The van der Waals surface area contributed by atoms with Crippen molar-refractivity contribution in [2.24, 2.45) is 5.92 Å². The summed E-state index contributed by atoms with van der Waals surface area (Å²) < 4.78 is 0. The molecule has 0 aliphatic heterocycles. The highest BCUT2D eigenvalue weighted by Crippen LogP contribution is 2.35. The van der Waals surface area contributed by atoms with Gasteiger partial charge in [0.15, 0.2) is 0 Å². The van der Waals surface area contributed by atoms with Crippen LogP contribution in [0.5, 0.6) is 0 Å². The zero-order valence-corrected chi connectivity index (χ0v) is 8.74. The Bertz CT molecular complexity index is 112. The molecule has 1 unspecified atom stereocenters. The van der Waals surface area contributed by atoms with Gasteiger partial charge in [-0.1, -0.05) is 19.8 Å². The molecule has 0 aromatic carbocycles. The van der Waals surface area contributed by atoms with Crippen molar-refractivity contribution in [3.8, 4) is 0 Å². The average Bonchev–Trinajstić information content (AvgIpc) is 2.86. The fourth-order valence-electron chi connectivity index (χ4n) is 1.36. The van der Waals surface area contributed by atoms with E-state index in [0.29, 0.717) is 5.38 Å². The molecule has 72 valence electrons. The van der Waals surface area contributed by atoms with Gasteiger partial charge in [0.2, 0.25) is 0 Å². The minimum Gasteiger partial charge on any atom is -0.315 e. The number of rotatable bonds is 7. The molecule has 0 aromatic rings. The number of unbranched alkanes of at least 4 members (excludes halogenated alkanes) is 2. The molecule has 1 rings (SSSR count). The summed E-state index contributed by atoms with van der Waals surface area (Å²) in [6.45, 7) is 4.38. The van der Waals surface area contributed by atoms with Gasteiger partial charge in [-0.25, -0.2) is 0 Å². The van der Waals surface area contributed by atoms with Crippen LogP contribution in [0, 0.1) is 5.92 Å². The van der Waals surface area contributed by atoms with E-state index in [2.05, 4.69) is 12.2 Å². The molecule has 1 nitrogen and oxygen atoms in total. The minimum absolute atomic E-state index is 0.395. The maximum atomic E-state index is 6.13. The Balaban J connectivity index is 1.81. The van der Waals surface area contributed by atoms with Crippen molar-refractivity contribution < 1.29 is 0 Å². The molecule has 1 aliphatic rings. The first-order chi connectivity index (χ1) is 5.84. The molecule has 1 N–H and O–H groups in total. The van der Waals surface area contributed by atoms with Gasteiger partial charge in [0.05, 0.1) is 0 Å². The van der Waals surface area contributed by atoms with Crippen molar-refractivity contribution >= 4 is 11.6 Å². The lowest BCUT2D eigenvalue weighted by atomic mass is 10.2. The molecule has 1 fully saturated rings. The number of hydrogen-bond acceptors (Lipinski definition) is 1. The predicted molar refractivity (Wildman–Crippen MR) is 54.8 cm³/mol. The van der Waals surface area contributed by atoms with Crippen molar-refractivity contribution in [2.45, 2.75) is 44.4 Å². The summed E-state index contributed by atoms with van der Waals surface area (Å²) in [5, 5.41) is 3.80. The lowest BCUT2D eigenvalue weighted by molar-refractivity contribution is 0.584. The van der Waals surface area contributed by atoms with Crippen LogP contribution in [0.3, 0.4) is 0 Å². The smallest absolute Gasteiger partial charge is 0.0488 e. The number of alkyl halides is 1. The van der Waals surface area contributed by atoms with Crippen molar-refractivity contribution in [1.29, 1.82) is 0 Å². The Morgan fingerprint density at radius 1 is 1.42 bits per heavy atom. The van der Waals surface area contributed by atoms with E-state index in [4.69, 9.17) is 11.6 Å². The van der Waals surface area contributed by atoms with Gasteiger partial charge in [0.25, 0.3) is 0 Å². The first-order valence-electron chi connectivity index (χ1n) is 5.19. The second-order valence-electron chi connectivity index (χ2n) is 3.76. The minimum atomic E-state index is 0.395. The Hall–Kier alpha value is 0.250. The first-order valence-corrected chi connectivity index (χ1v) is 5.63. The highest BCUT2D eigenvalue weighted by molar-refractivity contribution is 6.21. The molecule has 0 amide bonds. The van der Waals surface area contributed by atoms with Crippen molar-refractivity contribution in [2.75, 3.05) is 13.1 Å². The maximum Gasteiger partial charge on any atom is 0.0488 e. The van der Waals surface area contributed by atoms with Crippen molar-refractivity contribution in [3.63, 3.8) is 0 Å². The summed E-state index contributed by atoms with van der Waals surface area (Å²) in [5.41, 5.74) is 0. The highest BCUT2D eigenvalue weighted by Gasteiger charge is 2.28. The van der Waals surface area contributed by atoms with E-state index in [-0.39, 0.29) is 0 Å². The fraction of sp³-hybridized carbons (Fsp3) is 1.00. The molecule has 12 heavy (non-hydrogen) atoms. The van der Waals surface area contributed by atoms with E-state index in [1.807, 2.05) is 0 Å². The van der Waals surface area contributed by atoms with Gasteiger partial charge in [-0.3, -0.25) is 0 Å². The first kappa shape index (κ1) is 10.3. The standard InChI is InChI=1S/C10H20ClN/c1-2-3-4-7-12-8-10(11)9-5-6-9/h9-10,12H,2-8H2,1H3. The molecule has 1 atom stereocenters. The van der Waals surface area contributed by atoms with Crippen molar-refractivity contribution in [3.05, 3.63) is 0 Å². The molecule has 1 saturated carbocycles. The Kier molecular flexibility index (Phi) is 5.01. The average molecular weight is 190 g/mol. The van der Waals surface area contributed by atoms with Crippen LogP contribution in [-0.4, -0.2) is 18.5 Å². The van der Waals surface area contributed by atoms with Gasteiger partial charge in [-0.05, 0) is 31.7 Å². The van der Waals surface area contributed by atoms with E-state index in [9.17, 15) is 0 Å². The lowest BCUT2D eigenvalue weighted by Crippen LogP contribution is -2.25. The van der Waals surface area contributed by atoms with Gasteiger partial charge >= 0.3 is 0 Å². The van der Waals surface area contributed by atoms with Crippen LogP contribution < -0.4 is 5.32 Å². The van der Waals surface area contributed by atoms with Crippen molar-refractivity contribution in [1.82, 2.24) is 5.32 Å². The summed E-state index contributed by atoms with van der Waals surface area (Å²) in [7, 11) is 0. The molecule has 0 heterocycles. The molecule has 0 saturated heterocycles. The van der Waals surface area contributed by atoms with Crippen LogP contribution in [-0.2, 0) is 0 Å². The second-order valence-corrected chi connectivity index (χ2v) is 4.33. The maximum absolute atomic E-state index is 6.13. The molecule has 0 aromatic heterocycles. The fourth-order valence-corrected chi connectivity index (χ4v) is 1.73. The predicted octanol–water partition coefficient (Wildman–Crippen LogP) is 2.78. The van der Waals surface area contributed by atoms with E-state index in [1.54, 1.807) is 0 Å². The third-order valence-electron chi connectivity index (χ3n) is 2.43. The number of halogens is 1. The SMILES string of the molecule is CCCCCNCC(Cl)C1CC1. The normalized spacial score (nSPS) is 19.5. The summed E-state index contributed by atoms with van der Waals surface area (Å²) in [6, 6.07) is 0. The molecule has 2 heteroatoms.